The van der Waals surface area contributed by atoms with Gasteiger partial charge in [0.1, 0.15) is 24.0 Å². The summed E-state index contributed by atoms with van der Waals surface area (Å²) in [6.07, 6.45) is 0.268. The van der Waals surface area contributed by atoms with Crippen LogP contribution in [0.2, 0.25) is 0 Å². The van der Waals surface area contributed by atoms with E-state index in [2.05, 4.69) is 5.16 Å². The highest BCUT2D eigenvalue weighted by atomic mass is 16.6. The first-order valence-corrected chi connectivity index (χ1v) is 4.80. The first-order chi connectivity index (χ1) is 7.58. The molecule has 1 aliphatic rings. The van der Waals surface area contributed by atoms with Crippen molar-refractivity contribution in [1.29, 1.82) is 0 Å². The summed E-state index contributed by atoms with van der Waals surface area (Å²) in [5.41, 5.74) is 0.504. The Morgan fingerprint density at radius 2 is 2.56 bits per heavy atom. The van der Waals surface area contributed by atoms with Gasteiger partial charge in [0.25, 0.3) is 0 Å². The third-order valence-electron chi connectivity index (χ3n) is 2.37. The lowest BCUT2D eigenvalue weighted by Crippen LogP contribution is -2.13. The number of carbonyl (C=O) groups is 1. The van der Waals surface area contributed by atoms with E-state index in [4.69, 9.17) is 9.26 Å². The zero-order valence-electron chi connectivity index (χ0n) is 8.58. The summed E-state index contributed by atoms with van der Waals surface area (Å²) in [7, 11) is 0. The molecule has 0 aromatic carbocycles. The van der Waals surface area contributed by atoms with Crippen LogP contribution in [-0.4, -0.2) is 22.1 Å². The van der Waals surface area contributed by atoms with Gasteiger partial charge in [-0.1, -0.05) is 5.16 Å². The highest BCUT2D eigenvalue weighted by molar-refractivity contribution is 5.76. The molecule has 0 radical (unpaired) electrons. The third kappa shape index (κ3) is 2.18. The number of aromatic nitrogens is 1. The monoisotopic (exact) mass is 226 g/mol. The smallest absolute Gasteiger partial charge is 0.316 e. The van der Waals surface area contributed by atoms with E-state index >= 15 is 0 Å². The lowest BCUT2D eigenvalue weighted by atomic mass is 10.4. The molecule has 0 aliphatic heterocycles. The van der Waals surface area contributed by atoms with Crippen molar-refractivity contribution in [2.24, 2.45) is 5.92 Å². The molecule has 7 nitrogen and oxygen atoms in total. The summed E-state index contributed by atoms with van der Waals surface area (Å²) in [5.74, 6) is -0.508. The Bertz CT molecular complexity index is 427. The molecule has 0 bridgehead atoms. The first-order valence-electron chi connectivity index (χ1n) is 4.80. The lowest BCUT2D eigenvalue weighted by Gasteiger charge is -1.99. The molecule has 2 rings (SSSR count). The van der Waals surface area contributed by atoms with Crippen LogP contribution in [0.15, 0.2) is 10.6 Å². The Morgan fingerprint density at radius 3 is 3.06 bits per heavy atom. The van der Waals surface area contributed by atoms with Crippen LogP contribution in [0.1, 0.15) is 17.9 Å². The summed E-state index contributed by atoms with van der Waals surface area (Å²) in [4.78, 5) is 21.2. The van der Waals surface area contributed by atoms with Crippen molar-refractivity contribution in [2.75, 3.05) is 0 Å². The van der Waals surface area contributed by atoms with E-state index < -0.39 is 22.9 Å². The lowest BCUT2D eigenvalue weighted by molar-refractivity contribution is -0.497. The predicted molar refractivity (Wildman–Crippen MR) is 49.9 cm³/mol. The van der Waals surface area contributed by atoms with Gasteiger partial charge in [0, 0.05) is 17.4 Å². The fourth-order valence-electron chi connectivity index (χ4n) is 1.41. The summed E-state index contributed by atoms with van der Waals surface area (Å²) < 4.78 is 9.66. The zero-order valence-corrected chi connectivity index (χ0v) is 8.58. The molecule has 7 heteroatoms. The van der Waals surface area contributed by atoms with Crippen molar-refractivity contribution in [1.82, 2.24) is 5.16 Å². The van der Waals surface area contributed by atoms with Crippen LogP contribution in [-0.2, 0) is 16.1 Å². The molecule has 0 spiro atoms. The largest absolute Gasteiger partial charge is 0.459 e. The molecule has 2 unspecified atom stereocenters. The Morgan fingerprint density at radius 1 is 1.81 bits per heavy atom. The summed E-state index contributed by atoms with van der Waals surface area (Å²) in [5, 5.41) is 14.0. The van der Waals surface area contributed by atoms with Gasteiger partial charge in [-0.2, -0.15) is 0 Å². The number of nitrogens with zero attached hydrogens (tertiary/aromatic N) is 2. The number of nitro groups is 1. The van der Waals surface area contributed by atoms with Gasteiger partial charge in [-0.3, -0.25) is 14.9 Å². The van der Waals surface area contributed by atoms with Gasteiger partial charge in [-0.05, 0) is 6.92 Å². The van der Waals surface area contributed by atoms with Crippen molar-refractivity contribution in [3.63, 3.8) is 0 Å². The van der Waals surface area contributed by atoms with Crippen molar-refractivity contribution in [3.05, 3.63) is 27.6 Å². The van der Waals surface area contributed by atoms with Crippen LogP contribution in [0.5, 0.6) is 0 Å². The second-order valence-electron chi connectivity index (χ2n) is 3.73. The number of aryl methyl sites for hydroxylation is 1. The molecule has 0 amide bonds. The van der Waals surface area contributed by atoms with E-state index in [1.807, 2.05) is 0 Å². The second kappa shape index (κ2) is 3.92. The van der Waals surface area contributed by atoms with E-state index in [1.165, 1.54) is 0 Å². The van der Waals surface area contributed by atoms with Gasteiger partial charge in [0.05, 0.1) is 0 Å². The number of hydrogen-bond acceptors (Lipinski definition) is 6. The normalized spacial score (nSPS) is 22.8. The minimum absolute atomic E-state index is 0.00287. The van der Waals surface area contributed by atoms with Gasteiger partial charge >= 0.3 is 5.97 Å². The standard InChI is InChI=1S/C9H10N2O5/c1-5-2-6(10-16-5)4-15-9(12)7-3-8(7)11(13)14/h2,7-8H,3-4H2,1H3. The highest BCUT2D eigenvalue weighted by Gasteiger charge is 2.54. The molecule has 1 aromatic rings. The molecule has 1 aliphatic carbocycles. The average molecular weight is 226 g/mol. The maximum atomic E-state index is 11.3. The van der Waals surface area contributed by atoms with E-state index in [1.54, 1.807) is 13.0 Å². The van der Waals surface area contributed by atoms with Crippen LogP contribution in [0.3, 0.4) is 0 Å². The molecule has 1 aromatic heterocycles. The molecule has 1 saturated carbocycles. The zero-order chi connectivity index (χ0) is 11.7. The van der Waals surface area contributed by atoms with E-state index in [-0.39, 0.29) is 13.0 Å². The summed E-state index contributed by atoms with van der Waals surface area (Å²) >= 11 is 0. The quantitative estimate of drug-likeness (QED) is 0.425. The van der Waals surface area contributed by atoms with Gasteiger partial charge in [0.15, 0.2) is 0 Å². The van der Waals surface area contributed by atoms with Crippen molar-refractivity contribution in [3.8, 4) is 0 Å². The van der Waals surface area contributed by atoms with Gasteiger partial charge in [0.2, 0.25) is 6.04 Å². The molecule has 1 heterocycles. The molecule has 86 valence electrons. The fourth-order valence-corrected chi connectivity index (χ4v) is 1.41. The summed E-state index contributed by atoms with van der Waals surface area (Å²) in [6.45, 7) is 1.72. The number of carbonyl (C=O) groups excluding carboxylic acids is 1. The van der Waals surface area contributed by atoms with Gasteiger partial charge < -0.3 is 9.26 Å². The van der Waals surface area contributed by atoms with E-state index in [0.717, 1.165) is 0 Å². The van der Waals surface area contributed by atoms with Crippen LogP contribution >= 0.6 is 0 Å². The molecule has 2 atom stereocenters. The Balaban J connectivity index is 1.79. The van der Waals surface area contributed by atoms with E-state index in [0.29, 0.717) is 11.5 Å². The van der Waals surface area contributed by atoms with Crippen molar-refractivity contribution >= 4 is 5.97 Å². The van der Waals surface area contributed by atoms with Crippen LogP contribution in [0, 0.1) is 23.0 Å². The maximum absolute atomic E-state index is 11.3. The number of ether oxygens (including phenoxy) is 1. The molecule has 0 N–H and O–H groups in total. The van der Waals surface area contributed by atoms with Gasteiger partial charge in [-0.15, -0.1) is 0 Å². The molecular weight excluding hydrogens is 216 g/mol. The van der Waals surface area contributed by atoms with Crippen LogP contribution in [0.25, 0.3) is 0 Å². The molecule has 1 fully saturated rings. The third-order valence-corrected chi connectivity index (χ3v) is 2.37. The minimum atomic E-state index is -0.772. The minimum Gasteiger partial charge on any atom is -0.459 e. The maximum Gasteiger partial charge on any atom is 0.316 e. The first kappa shape index (κ1) is 10.6. The number of rotatable bonds is 4. The predicted octanol–water partition coefficient (Wildman–Crippen LogP) is 0.691. The van der Waals surface area contributed by atoms with E-state index in [9.17, 15) is 14.9 Å². The Kier molecular flexibility index (Phi) is 2.59. The highest BCUT2D eigenvalue weighted by Crippen LogP contribution is 2.34. The molecular formula is C9H10N2O5. The SMILES string of the molecule is Cc1cc(COC(=O)C2CC2[N+](=O)[O-])no1. The van der Waals surface area contributed by atoms with Crippen LogP contribution in [0.4, 0.5) is 0 Å². The number of hydrogen-bond donors (Lipinski definition) is 0. The molecule has 0 saturated heterocycles. The Hall–Kier alpha value is -1.92. The number of esters is 1. The van der Waals surface area contributed by atoms with Crippen molar-refractivity contribution in [2.45, 2.75) is 26.0 Å². The fraction of sp³-hybridized carbons (Fsp3) is 0.556. The topological polar surface area (TPSA) is 95.5 Å². The Labute approximate surface area is 90.5 Å². The van der Waals surface area contributed by atoms with Crippen molar-refractivity contribution < 1.29 is 19.0 Å². The van der Waals surface area contributed by atoms with Crippen LogP contribution < -0.4 is 0 Å². The van der Waals surface area contributed by atoms with Gasteiger partial charge in [-0.25, -0.2) is 0 Å². The molecule has 16 heavy (non-hydrogen) atoms. The summed E-state index contributed by atoms with van der Waals surface area (Å²) in [6, 6.07) is 0.872. The second-order valence-corrected chi connectivity index (χ2v) is 3.73. The average Bonchev–Trinajstić information content (AvgIpc) is 2.93.